The summed E-state index contributed by atoms with van der Waals surface area (Å²) in [4.78, 5) is 28.2. The minimum Gasteiger partial charge on any atom is -0.378 e. The van der Waals surface area contributed by atoms with Crippen molar-refractivity contribution in [1.29, 1.82) is 0 Å². The Morgan fingerprint density at radius 1 is 1.05 bits per heavy atom. The molecule has 3 aliphatic rings. The number of nitrogens with one attached hydrogen (secondary N) is 1. The standard InChI is InChI=1S/C28H34F2N6O3/c29-26(30)27-32-22-6-1-2-7-23(22)36(27)25-17-24(33-28(34-25)35-8-11-38-12-9-35)31-19-13-18(14-19)15-20(37)16-21-5-3-4-10-39-21/h1-2,6-7,17-19,21,26H,3-5,8-16H2,(H,31,33,34). The Labute approximate surface area is 225 Å². The van der Waals surface area contributed by atoms with Crippen molar-refractivity contribution in [3.05, 3.63) is 36.2 Å². The largest absolute Gasteiger partial charge is 0.378 e. The fourth-order valence-electron chi connectivity index (χ4n) is 5.80. The van der Waals surface area contributed by atoms with Crippen LogP contribution in [0.25, 0.3) is 16.9 Å². The maximum atomic E-state index is 14.1. The second-order valence-electron chi connectivity index (χ2n) is 10.7. The van der Waals surface area contributed by atoms with Crippen LogP contribution in [0.1, 0.15) is 57.2 Å². The zero-order valence-corrected chi connectivity index (χ0v) is 21.9. The van der Waals surface area contributed by atoms with Gasteiger partial charge in [-0.15, -0.1) is 0 Å². The third-order valence-electron chi connectivity index (χ3n) is 7.84. The predicted molar refractivity (Wildman–Crippen MR) is 143 cm³/mol. The quantitative estimate of drug-likeness (QED) is 0.418. The van der Waals surface area contributed by atoms with Gasteiger partial charge in [0.15, 0.2) is 5.82 Å². The average Bonchev–Trinajstić information content (AvgIpc) is 3.33. The van der Waals surface area contributed by atoms with Crippen molar-refractivity contribution < 1.29 is 23.0 Å². The van der Waals surface area contributed by atoms with E-state index in [0.717, 1.165) is 38.7 Å². The molecule has 1 aliphatic carbocycles. The Hall–Kier alpha value is -3.18. The van der Waals surface area contributed by atoms with E-state index in [2.05, 4.69) is 10.3 Å². The number of para-hydroxylation sites is 2. The summed E-state index contributed by atoms with van der Waals surface area (Å²) in [7, 11) is 0. The first-order valence-corrected chi connectivity index (χ1v) is 13.9. The summed E-state index contributed by atoms with van der Waals surface area (Å²) in [5.41, 5.74) is 1.05. The first-order chi connectivity index (χ1) is 19.0. The van der Waals surface area contributed by atoms with Gasteiger partial charge in [-0.2, -0.15) is 9.97 Å². The molecule has 2 aromatic heterocycles. The van der Waals surface area contributed by atoms with Crippen LogP contribution < -0.4 is 10.2 Å². The third kappa shape index (κ3) is 5.89. The Morgan fingerprint density at radius 3 is 2.64 bits per heavy atom. The van der Waals surface area contributed by atoms with Gasteiger partial charge in [-0.1, -0.05) is 12.1 Å². The van der Waals surface area contributed by atoms with Crippen LogP contribution in [0.2, 0.25) is 0 Å². The molecule has 0 radical (unpaired) electrons. The van der Waals surface area contributed by atoms with Crippen LogP contribution in [0.5, 0.6) is 0 Å². The molecule has 0 amide bonds. The van der Waals surface area contributed by atoms with E-state index < -0.39 is 6.43 Å². The lowest BCUT2D eigenvalue weighted by Crippen LogP contribution is -2.39. The predicted octanol–water partition coefficient (Wildman–Crippen LogP) is 4.70. The number of carbonyl (C=O) groups excluding carboxylic acids is 1. The SMILES string of the molecule is O=C(CC1CC(Nc2cc(-n3c(C(F)F)nc4ccccc43)nc(N3CCOCC3)n2)C1)CC1CCCCO1. The fraction of sp³-hybridized carbons (Fsp3) is 0.571. The topological polar surface area (TPSA) is 94.4 Å². The highest BCUT2D eigenvalue weighted by Gasteiger charge is 2.32. The molecule has 0 spiro atoms. The van der Waals surface area contributed by atoms with Crippen LogP contribution in [-0.2, 0) is 14.3 Å². The first-order valence-electron chi connectivity index (χ1n) is 13.9. The van der Waals surface area contributed by atoms with Crippen molar-refractivity contribution in [2.45, 2.75) is 63.5 Å². The maximum Gasteiger partial charge on any atom is 0.296 e. The highest BCUT2D eigenvalue weighted by Crippen LogP contribution is 2.35. The lowest BCUT2D eigenvalue weighted by Gasteiger charge is -2.36. The van der Waals surface area contributed by atoms with Gasteiger partial charge in [0.2, 0.25) is 5.95 Å². The van der Waals surface area contributed by atoms with Gasteiger partial charge >= 0.3 is 0 Å². The van der Waals surface area contributed by atoms with E-state index in [-0.39, 0.29) is 23.8 Å². The summed E-state index contributed by atoms with van der Waals surface area (Å²) < 4.78 is 40.8. The number of benzene rings is 1. The Kier molecular flexibility index (Phi) is 7.69. The van der Waals surface area contributed by atoms with Crippen LogP contribution in [0, 0.1) is 5.92 Å². The Bertz CT molecular complexity index is 1300. The monoisotopic (exact) mass is 540 g/mol. The van der Waals surface area contributed by atoms with Gasteiger partial charge in [-0.3, -0.25) is 9.36 Å². The number of rotatable bonds is 9. The van der Waals surface area contributed by atoms with Crippen molar-refractivity contribution in [3.8, 4) is 5.82 Å². The molecular weight excluding hydrogens is 506 g/mol. The fourth-order valence-corrected chi connectivity index (χ4v) is 5.80. The number of imidazole rings is 1. The minimum atomic E-state index is -2.76. The summed E-state index contributed by atoms with van der Waals surface area (Å²) >= 11 is 0. The highest BCUT2D eigenvalue weighted by atomic mass is 19.3. The Morgan fingerprint density at radius 2 is 1.87 bits per heavy atom. The second-order valence-corrected chi connectivity index (χ2v) is 10.7. The number of carbonyl (C=O) groups is 1. The van der Waals surface area contributed by atoms with E-state index in [0.29, 0.717) is 73.7 Å². The van der Waals surface area contributed by atoms with Crippen molar-refractivity contribution in [3.63, 3.8) is 0 Å². The Balaban J connectivity index is 1.20. The van der Waals surface area contributed by atoms with Crippen molar-refractivity contribution in [1.82, 2.24) is 19.5 Å². The molecule has 0 bridgehead atoms. The molecule has 11 heteroatoms. The number of ether oxygens (including phenoxy) is 2. The zero-order chi connectivity index (χ0) is 26.8. The van der Waals surface area contributed by atoms with E-state index in [1.54, 1.807) is 30.3 Å². The summed E-state index contributed by atoms with van der Waals surface area (Å²) in [6.07, 6.45) is 3.31. The number of nitrogens with zero attached hydrogens (tertiary/aromatic N) is 5. The molecule has 1 atom stereocenters. The summed E-state index contributed by atoms with van der Waals surface area (Å²) in [5, 5.41) is 3.48. The molecule has 1 aromatic carbocycles. The number of fused-ring (bicyclic) bond motifs is 1. The number of ketones is 1. The molecule has 9 nitrogen and oxygen atoms in total. The van der Waals surface area contributed by atoms with Gasteiger partial charge in [-0.05, 0) is 50.2 Å². The molecule has 39 heavy (non-hydrogen) atoms. The van der Waals surface area contributed by atoms with Gasteiger partial charge in [0.1, 0.15) is 17.4 Å². The van der Waals surface area contributed by atoms with E-state index in [9.17, 15) is 13.6 Å². The number of aromatic nitrogens is 4. The molecule has 2 saturated heterocycles. The highest BCUT2D eigenvalue weighted by molar-refractivity contribution is 5.79. The van der Waals surface area contributed by atoms with Gasteiger partial charge < -0.3 is 19.7 Å². The van der Waals surface area contributed by atoms with Crippen molar-refractivity contribution in [2.75, 3.05) is 43.1 Å². The van der Waals surface area contributed by atoms with Crippen LogP contribution in [0.4, 0.5) is 20.5 Å². The maximum absolute atomic E-state index is 14.1. The molecule has 4 heterocycles. The van der Waals surface area contributed by atoms with E-state index >= 15 is 0 Å². The zero-order valence-electron chi connectivity index (χ0n) is 21.9. The molecule has 6 rings (SSSR count). The number of Topliss-reactive ketones (excluding diaryl/α,β-unsaturated/α-hetero) is 1. The lowest BCUT2D eigenvalue weighted by atomic mass is 9.76. The number of alkyl halides is 2. The normalized spacial score (nSPS) is 23.7. The number of morpholine rings is 1. The molecule has 1 unspecified atom stereocenters. The van der Waals surface area contributed by atoms with Crippen LogP contribution >= 0.6 is 0 Å². The van der Waals surface area contributed by atoms with Crippen molar-refractivity contribution in [2.24, 2.45) is 5.92 Å². The molecule has 1 saturated carbocycles. The van der Waals surface area contributed by atoms with Gasteiger partial charge in [0, 0.05) is 44.6 Å². The third-order valence-corrected chi connectivity index (χ3v) is 7.84. The summed E-state index contributed by atoms with van der Waals surface area (Å²) in [5.74, 6) is 1.65. The average molecular weight is 541 g/mol. The number of hydrogen-bond acceptors (Lipinski definition) is 8. The van der Waals surface area contributed by atoms with Gasteiger partial charge in [0.25, 0.3) is 6.43 Å². The summed E-state index contributed by atoms with van der Waals surface area (Å²) in [6.45, 7) is 3.10. The first kappa shape index (κ1) is 26.1. The minimum absolute atomic E-state index is 0.0793. The second kappa shape index (κ2) is 11.5. The lowest BCUT2D eigenvalue weighted by molar-refractivity contribution is -0.124. The number of hydrogen-bond donors (Lipinski definition) is 1. The molecule has 208 valence electrons. The van der Waals surface area contributed by atoms with E-state index in [4.69, 9.17) is 19.4 Å². The molecule has 1 N–H and O–H groups in total. The van der Waals surface area contributed by atoms with Crippen molar-refractivity contribution >= 4 is 28.6 Å². The smallest absolute Gasteiger partial charge is 0.296 e. The molecular formula is C28H34F2N6O3. The van der Waals surface area contributed by atoms with E-state index in [1.807, 2.05) is 4.90 Å². The number of anilines is 2. The summed E-state index contributed by atoms with van der Waals surface area (Å²) in [6, 6.07) is 8.93. The molecule has 2 aliphatic heterocycles. The van der Waals surface area contributed by atoms with Crippen LogP contribution in [-0.4, -0.2) is 70.4 Å². The van der Waals surface area contributed by atoms with E-state index in [1.165, 1.54) is 4.57 Å². The van der Waals surface area contributed by atoms with Crippen LogP contribution in [0.15, 0.2) is 30.3 Å². The number of halogens is 2. The molecule has 3 fully saturated rings. The molecule has 3 aromatic rings. The van der Waals surface area contributed by atoms with Gasteiger partial charge in [0.05, 0.1) is 30.4 Å². The van der Waals surface area contributed by atoms with Crippen LogP contribution in [0.3, 0.4) is 0 Å². The van der Waals surface area contributed by atoms with Gasteiger partial charge in [-0.25, -0.2) is 13.8 Å².